The van der Waals surface area contributed by atoms with Gasteiger partial charge in [-0.05, 0) is 6.42 Å². The average Bonchev–Trinajstić information content (AvgIpc) is 2.15. The SMILES string of the molecule is O=C1CC(Cl)N=C2N[C@H](C(F)(F)F)CCN12. The topological polar surface area (TPSA) is 44.7 Å². The lowest BCUT2D eigenvalue weighted by molar-refractivity contribution is -0.159. The second-order valence-corrected chi connectivity index (χ2v) is 4.17. The number of nitrogens with one attached hydrogen (secondary N) is 1. The Labute approximate surface area is 94.4 Å². The predicted molar refractivity (Wildman–Crippen MR) is 51.0 cm³/mol. The van der Waals surface area contributed by atoms with E-state index in [0.717, 1.165) is 0 Å². The van der Waals surface area contributed by atoms with Gasteiger partial charge < -0.3 is 5.32 Å². The Bertz CT molecular complexity index is 344. The summed E-state index contributed by atoms with van der Waals surface area (Å²) in [6, 6.07) is -1.66. The normalized spacial score (nSPS) is 30.6. The summed E-state index contributed by atoms with van der Waals surface area (Å²) in [5, 5.41) is 2.20. The molecule has 0 spiro atoms. The molecule has 2 atom stereocenters. The second-order valence-electron chi connectivity index (χ2n) is 3.66. The number of hydrogen-bond acceptors (Lipinski definition) is 3. The van der Waals surface area contributed by atoms with Gasteiger partial charge in [-0.25, -0.2) is 4.99 Å². The first-order valence-electron chi connectivity index (χ1n) is 4.73. The molecule has 1 unspecified atom stereocenters. The average molecular weight is 256 g/mol. The van der Waals surface area contributed by atoms with E-state index < -0.39 is 17.7 Å². The number of aliphatic imine (C=N–C) groups is 1. The zero-order valence-electron chi connectivity index (χ0n) is 8.09. The van der Waals surface area contributed by atoms with Gasteiger partial charge in [0.2, 0.25) is 11.9 Å². The molecule has 90 valence electrons. The molecule has 2 rings (SSSR count). The maximum Gasteiger partial charge on any atom is 0.408 e. The molecule has 2 heterocycles. The van der Waals surface area contributed by atoms with E-state index in [1.165, 1.54) is 4.90 Å². The van der Waals surface area contributed by atoms with Crippen molar-refractivity contribution in [3.05, 3.63) is 0 Å². The molecule has 2 aliphatic rings. The second kappa shape index (κ2) is 3.80. The fourth-order valence-corrected chi connectivity index (χ4v) is 1.92. The summed E-state index contributed by atoms with van der Waals surface area (Å²) in [7, 11) is 0. The standard InChI is InChI=1S/C8H9ClF3N3O/c9-5-3-6(16)15-2-1-4(8(10,11)12)13-7(15)14-5/h4-5H,1-3H2,(H,13,14)/t4-,5?/m0/s1. The van der Waals surface area contributed by atoms with Gasteiger partial charge in [0.25, 0.3) is 0 Å². The highest BCUT2D eigenvalue weighted by Gasteiger charge is 2.45. The van der Waals surface area contributed by atoms with Gasteiger partial charge in [0.1, 0.15) is 11.5 Å². The minimum atomic E-state index is -4.34. The zero-order valence-corrected chi connectivity index (χ0v) is 8.85. The van der Waals surface area contributed by atoms with Gasteiger partial charge in [-0.2, -0.15) is 13.2 Å². The van der Waals surface area contributed by atoms with Crippen LogP contribution in [0, 0.1) is 0 Å². The molecule has 0 saturated carbocycles. The lowest BCUT2D eigenvalue weighted by atomic mass is 10.1. The minimum absolute atomic E-state index is 0.0262. The molecular formula is C8H9ClF3N3O. The first kappa shape index (κ1) is 11.5. The molecule has 0 aromatic carbocycles. The Kier molecular flexibility index (Phi) is 2.73. The van der Waals surface area contributed by atoms with Crippen molar-refractivity contribution in [3.8, 4) is 0 Å². The van der Waals surface area contributed by atoms with E-state index in [4.69, 9.17) is 11.6 Å². The summed E-state index contributed by atoms with van der Waals surface area (Å²) in [5.41, 5.74) is -0.779. The van der Waals surface area contributed by atoms with Crippen LogP contribution in [-0.4, -0.2) is 41.0 Å². The van der Waals surface area contributed by atoms with E-state index >= 15 is 0 Å². The molecule has 0 bridgehead atoms. The van der Waals surface area contributed by atoms with Crippen LogP contribution in [0.2, 0.25) is 0 Å². The number of rotatable bonds is 0. The monoisotopic (exact) mass is 255 g/mol. The van der Waals surface area contributed by atoms with Gasteiger partial charge in [0, 0.05) is 6.54 Å². The molecule has 0 radical (unpaired) electrons. The number of carbonyl (C=O) groups is 1. The van der Waals surface area contributed by atoms with Crippen LogP contribution in [0.3, 0.4) is 0 Å². The maximum atomic E-state index is 12.4. The molecular weight excluding hydrogens is 247 g/mol. The van der Waals surface area contributed by atoms with E-state index in [1.54, 1.807) is 0 Å². The van der Waals surface area contributed by atoms with Crippen LogP contribution in [0.5, 0.6) is 0 Å². The van der Waals surface area contributed by atoms with Gasteiger partial charge in [-0.3, -0.25) is 9.69 Å². The number of guanidine groups is 1. The Morgan fingerprint density at radius 2 is 2.19 bits per heavy atom. The fraction of sp³-hybridized carbons (Fsp3) is 0.750. The van der Waals surface area contributed by atoms with Crippen LogP contribution >= 0.6 is 11.6 Å². The summed E-state index contributed by atoms with van der Waals surface area (Å²) in [6.07, 6.45) is -4.47. The lowest BCUT2D eigenvalue weighted by Gasteiger charge is -2.37. The van der Waals surface area contributed by atoms with Crippen molar-refractivity contribution in [1.82, 2.24) is 10.2 Å². The number of alkyl halides is 4. The largest absolute Gasteiger partial charge is 0.408 e. The fourth-order valence-electron chi connectivity index (χ4n) is 1.70. The van der Waals surface area contributed by atoms with Crippen molar-refractivity contribution in [3.63, 3.8) is 0 Å². The molecule has 0 aliphatic carbocycles. The van der Waals surface area contributed by atoms with E-state index in [2.05, 4.69) is 10.3 Å². The molecule has 1 amide bonds. The summed E-state index contributed by atoms with van der Waals surface area (Å²) in [4.78, 5) is 16.4. The van der Waals surface area contributed by atoms with E-state index in [1.807, 2.05) is 0 Å². The van der Waals surface area contributed by atoms with Gasteiger partial charge in [0.05, 0.1) is 6.42 Å². The zero-order chi connectivity index (χ0) is 11.9. The molecule has 0 aromatic heterocycles. The Morgan fingerprint density at radius 3 is 2.81 bits per heavy atom. The molecule has 1 N–H and O–H groups in total. The third kappa shape index (κ3) is 2.09. The molecule has 1 saturated heterocycles. The molecule has 1 fully saturated rings. The summed E-state index contributed by atoms with van der Waals surface area (Å²) >= 11 is 5.64. The third-order valence-corrected chi connectivity index (χ3v) is 2.75. The number of fused-ring (bicyclic) bond motifs is 1. The van der Waals surface area contributed by atoms with Crippen LogP contribution in [-0.2, 0) is 4.79 Å². The predicted octanol–water partition coefficient (Wildman–Crippen LogP) is 1.06. The van der Waals surface area contributed by atoms with Gasteiger partial charge in [0.15, 0.2) is 0 Å². The molecule has 16 heavy (non-hydrogen) atoms. The highest BCUT2D eigenvalue weighted by Crippen LogP contribution is 2.27. The van der Waals surface area contributed by atoms with Crippen LogP contribution in [0.15, 0.2) is 4.99 Å². The number of hydrogen-bond donors (Lipinski definition) is 1. The van der Waals surface area contributed by atoms with Crippen LogP contribution in [0.4, 0.5) is 13.2 Å². The van der Waals surface area contributed by atoms with Gasteiger partial charge >= 0.3 is 6.18 Å². The summed E-state index contributed by atoms with van der Waals surface area (Å²) in [5.74, 6) is -0.358. The van der Waals surface area contributed by atoms with Crippen LogP contribution in [0.25, 0.3) is 0 Å². The molecule has 4 nitrogen and oxygen atoms in total. The Hall–Kier alpha value is -0.980. The molecule has 2 aliphatic heterocycles. The summed E-state index contributed by atoms with van der Waals surface area (Å²) in [6.45, 7) is 0.0262. The first-order chi connectivity index (χ1) is 7.38. The number of carbonyl (C=O) groups excluding carboxylic acids is 1. The molecule has 8 heteroatoms. The quantitative estimate of drug-likeness (QED) is 0.520. The lowest BCUT2D eigenvalue weighted by Crippen LogP contribution is -2.60. The number of halogens is 4. The third-order valence-electron chi connectivity index (χ3n) is 2.50. The van der Waals surface area contributed by atoms with Crippen molar-refractivity contribution < 1.29 is 18.0 Å². The van der Waals surface area contributed by atoms with Crippen LogP contribution < -0.4 is 5.32 Å². The Morgan fingerprint density at radius 1 is 1.50 bits per heavy atom. The van der Waals surface area contributed by atoms with Crippen molar-refractivity contribution >= 4 is 23.5 Å². The Balaban J connectivity index is 2.17. The minimum Gasteiger partial charge on any atom is -0.344 e. The van der Waals surface area contributed by atoms with Crippen LogP contribution in [0.1, 0.15) is 12.8 Å². The first-order valence-corrected chi connectivity index (χ1v) is 5.17. The van der Waals surface area contributed by atoms with Crippen molar-refractivity contribution in [2.24, 2.45) is 4.99 Å². The van der Waals surface area contributed by atoms with Crippen molar-refractivity contribution in [2.45, 2.75) is 30.6 Å². The van der Waals surface area contributed by atoms with Gasteiger partial charge in [-0.15, -0.1) is 0 Å². The number of amides is 1. The highest BCUT2D eigenvalue weighted by atomic mass is 35.5. The maximum absolute atomic E-state index is 12.4. The smallest absolute Gasteiger partial charge is 0.344 e. The van der Waals surface area contributed by atoms with Gasteiger partial charge in [-0.1, -0.05) is 11.6 Å². The van der Waals surface area contributed by atoms with E-state index in [9.17, 15) is 18.0 Å². The van der Waals surface area contributed by atoms with E-state index in [-0.39, 0.29) is 31.3 Å². The number of nitrogens with zero attached hydrogens (tertiary/aromatic N) is 2. The highest BCUT2D eigenvalue weighted by molar-refractivity contribution is 6.23. The van der Waals surface area contributed by atoms with Crippen molar-refractivity contribution in [1.29, 1.82) is 0 Å². The van der Waals surface area contributed by atoms with Crippen molar-refractivity contribution in [2.75, 3.05) is 6.54 Å². The van der Waals surface area contributed by atoms with E-state index in [0.29, 0.717) is 0 Å². The molecule has 0 aromatic rings. The summed E-state index contributed by atoms with van der Waals surface area (Å²) < 4.78 is 37.3.